The van der Waals surface area contributed by atoms with Gasteiger partial charge in [0.2, 0.25) is 0 Å². The molecule has 3 rings (SSSR count). The van der Waals surface area contributed by atoms with E-state index in [0.717, 1.165) is 6.08 Å². The second kappa shape index (κ2) is 8.15. The van der Waals surface area contributed by atoms with Crippen molar-refractivity contribution in [2.24, 2.45) is 17.3 Å². The lowest BCUT2D eigenvalue weighted by Gasteiger charge is -2.16. The summed E-state index contributed by atoms with van der Waals surface area (Å²) in [5.41, 5.74) is 0.0370. The molecule has 0 saturated heterocycles. The van der Waals surface area contributed by atoms with Crippen molar-refractivity contribution in [2.45, 2.75) is 20.0 Å². The summed E-state index contributed by atoms with van der Waals surface area (Å²) in [5.74, 6) is -1.17. The third-order valence-electron chi connectivity index (χ3n) is 5.16. The minimum Gasteiger partial charge on any atom is -0.457 e. The Kier molecular flexibility index (Phi) is 5.82. The first-order chi connectivity index (χ1) is 13.7. The molecule has 1 aliphatic rings. The van der Waals surface area contributed by atoms with Gasteiger partial charge in [0.25, 0.3) is 6.08 Å². The second-order valence-corrected chi connectivity index (χ2v) is 7.50. The Hall–Kier alpha value is -3.02. The minimum atomic E-state index is -1.80. The number of halogens is 3. The van der Waals surface area contributed by atoms with E-state index in [2.05, 4.69) is 6.58 Å². The van der Waals surface area contributed by atoms with Crippen molar-refractivity contribution in [1.82, 2.24) is 0 Å². The quantitative estimate of drug-likeness (QED) is 0.395. The van der Waals surface area contributed by atoms with Crippen LogP contribution >= 0.6 is 0 Å². The fraction of sp³-hybridized carbons (Fsp3) is 0.261. The molecule has 1 aliphatic carbocycles. The lowest BCUT2D eigenvalue weighted by Crippen LogP contribution is -2.14. The van der Waals surface area contributed by atoms with Crippen LogP contribution in [0, 0.1) is 23.1 Å². The van der Waals surface area contributed by atoms with Gasteiger partial charge in [0, 0.05) is 11.5 Å². The van der Waals surface area contributed by atoms with Crippen LogP contribution in [0.25, 0.3) is 0 Å². The number of carbonyl (C=O) groups is 1. The van der Waals surface area contributed by atoms with Crippen molar-refractivity contribution in [2.75, 3.05) is 0 Å². The van der Waals surface area contributed by atoms with Crippen LogP contribution in [0.15, 0.2) is 73.3 Å². The van der Waals surface area contributed by atoms with Gasteiger partial charge in [-0.25, -0.2) is 4.39 Å². The SMILES string of the molecule is C=CC(OC(=O)C1C(C=C(F)F)C1(C)C)c1cccc(Oc2ccc(F)cc2)c1. The van der Waals surface area contributed by atoms with Crippen LogP contribution in [-0.4, -0.2) is 5.97 Å². The zero-order valence-corrected chi connectivity index (χ0v) is 16.1. The number of allylic oxidation sites excluding steroid dienone is 1. The first kappa shape index (κ1) is 20.7. The van der Waals surface area contributed by atoms with Crippen LogP contribution in [-0.2, 0) is 9.53 Å². The molecule has 0 amide bonds. The maximum Gasteiger partial charge on any atom is 0.311 e. The van der Waals surface area contributed by atoms with Gasteiger partial charge >= 0.3 is 5.97 Å². The molecule has 0 bridgehead atoms. The highest BCUT2D eigenvalue weighted by atomic mass is 19.3. The van der Waals surface area contributed by atoms with Gasteiger partial charge in [-0.15, -0.1) is 0 Å². The van der Waals surface area contributed by atoms with Crippen LogP contribution in [0.2, 0.25) is 0 Å². The number of rotatable bonds is 7. The summed E-state index contributed by atoms with van der Waals surface area (Å²) >= 11 is 0. The van der Waals surface area contributed by atoms with E-state index in [1.165, 1.54) is 30.3 Å². The Morgan fingerprint density at radius 3 is 2.45 bits per heavy atom. The molecule has 0 heterocycles. The molecule has 0 aromatic heterocycles. The van der Waals surface area contributed by atoms with E-state index in [0.29, 0.717) is 17.1 Å². The van der Waals surface area contributed by atoms with Crippen LogP contribution < -0.4 is 4.74 Å². The van der Waals surface area contributed by atoms with E-state index < -0.39 is 35.4 Å². The molecule has 1 fully saturated rings. The van der Waals surface area contributed by atoms with Crippen LogP contribution in [0.5, 0.6) is 11.5 Å². The van der Waals surface area contributed by atoms with Gasteiger partial charge < -0.3 is 9.47 Å². The summed E-state index contributed by atoms with van der Waals surface area (Å²) < 4.78 is 49.5. The van der Waals surface area contributed by atoms with Crippen LogP contribution in [0.3, 0.4) is 0 Å². The van der Waals surface area contributed by atoms with Gasteiger partial charge in [0.15, 0.2) is 0 Å². The van der Waals surface area contributed by atoms with E-state index in [9.17, 15) is 18.0 Å². The molecule has 6 heteroatoms. The van der Waals surface area contributed by atoms with Crippen molar-refractivity contribution in [3.05, 3.63) is 84.7 Å². The number of hydrogen-bond acceptors (Lipinski definition) is 3. The van der Waals surface area contributed by atoms with Gasteiger partial charge in [0.1, 0.15) is 23.4 Å². The fourth-order valence-corrected chi connectivity index (χ4v) is 3.42. The van der Waals surface area contributed by atoms with E-state index in [1.807, 2.05) is 0 Å². The maximum absolute atomic E-state index is 13.0. The Morgan fingerprint density at radius 2 is 1.83 bits per heavy atom. The molecule has 2 aromatic rings. The highest BCUT2D eigenvalue weighted by molar-refractivity contribution is 5.78. The summed E-state index contributed by atoms with van der Waals surface area (Å²) in [6, 6.07) is 12.4. The second-order valence-electron chi connectivity index (χ2n) is 7.50. The molecule has 2 aromatic carbocycles. The lowest BCUT2D eigenvalue weighted by molar-refractivity contribution is -0.149. The zero-order valence-electron chi connectivity index (χ0n) is 16.1. The summed E-state index contributed by atoms with van der Waals surface area (Å²) in [7, 11) is 0. The van der Waals surface area contributed by atoms with Crippen molar-refractivity contribution in [3.63, 3.8) is 0 Å². The van der Waals surface area contributed by atoms with Gasteiger partial charge in [-0.1, -0.05) is 32.6 Å². The molecule has 0 spiro atoms. The van der Waals surface area contributed by atoms with Gasteiger partial charge in [-0.05, 0) is 54.0 Å². The smallest absolute Gasteiger partial charge is 0.311 e. The fourth-order valence-electron chi connectivity index (χ4n) is 3.42. The molecular formula is C23H21F3O3. The average molecular weight is 402 g/mol. The molecule has 0 radical (unpaired) electrons. The molecule has 0 aliphatic heterocycles. The number of benzene rings is 2. The molecule has 3 atom stereocenters. The summed E-state index contributed by atoms with van der Waals surface area (Å²) in [4.78, 5) is 12.6. The molecule has 3 unspecified atom stereocenters. The topological polar surface area (TPSA) is 35.5 Å². The third kappa shape index (κ3) is 4.70. The molecule has 29 heavy (non-hydrogen) atoms. The number of hydrogen-bond donors (Lipinski definition) is 0. The molecule has 0 N–H and O–H groups in total. The van der Waals surface area contributed by atoms with Gasteiger partial charge in [-0.3, -0.25) is 4.79 Å². The van der Waals surface area contributed by atoms with Crippen molar-refractivity contribution in [3.8, 4) is 11.5 Å². The summed E-state index contributed by atoms with van der Waals surface area (Å²) in [6.07, 6.45) is -0.281. The van der Waals surface area contributed by atoms with E-state index in [-0.39, 0.29) is 5.82 Å². The van der Waals surface area contributed by atoms with Crippen molar-refractivity contribution < 1.29 is 27.4 Å². The third-order valence-corrected chi connectivity index (χ3v) is 5.16. The van der Waals surface area contributed by atoms with Gasteiger partial charge in [-0.2, -0.15) is 8.78 Å². The van der Waals surface area contributed by atoms with Crippen molar-refractivity contribution in [1.29, 1.82) is 0 Å². The maximum atomic E-state index is 13.0. The number of esters is 1. The van der Waals surface area contributed by atoms with Crippen LogP contribution in [0.4, 0.5) is 13.2 Å². The Labute approximate surface area is 167 Å². The predicted octanol–water partition coefficient (Wildman–Crippen LogP) is 6.44. The zero-order chi connectivity index (χ0) is 21.2. The molecular weight excluding hydrogens is 381 g/mol. The van der Waals surface area contributed by atoms with Crippen molar-refractivity contribution >= 4 is 5.97 Å². The van der Waals surface area contributed by atoms with Gasteiger partial charge in [0.05, 0.1) is 5.92 Å². The highest BCUT2D eigenvalue weighted by Gasteiger charge is 2.62. The number of ether oxygens (including phenoxy) is 2. The Morgan fingerprint density at radius 1 is 1.14 bits per heavy atom. The van der Waals surface area contributed by atoms with E-state index >= 15 is 0 Å². The summed E-state index contributed by atoms with van der Waals surface area (Å²) in [5, 5.41) is 0. The standard InChI is InChI=1S/C23H21F3O3/c1-4-19(29-22(27)21-18(13-20(25)26)23(21,2)3)14-6-5-7-17(12-14)28-16-10-8-15(24)9-11-16/h4-13,18-19,21H,1H2,2-3H3. The molecule has 1 saturated carbocycles. The Bertz CT molecular complexity index is 931. The number of carbonyl (C=O) groups excluding carboxylic acids is 1. The monoisotopic (exact) mass is 402 g/mol. The normalized spacial score (nSPS) is 20.3. The van der Waals surface area contributed by atoms with E-state index in [4.69, 9.17) is 9.47 Å². The predicted molar refractivity (Wildman–Crippen MR) is 103 cm³/mol. The largest absolute Gasteiger partial charge is 0.457 e. The highest BCUT2D eigenvalue weighted by Crippen LogP contribution is 2.60. The van der Waals surface area contributed by atoms with E-state index in [1.54, 1.807) is 38.1 Å². The molecule has 3 nitrogen and oxygen atoms in total. The lowest BCUT2D eigenvalue weighted by atomic mass is 10.1. The molecule has 152 valence electrons. The first-order valence-electron chi connectivity index (χ1n) is 9.11. The van der Waals surface area contributed by atoms with Crippen LogP contribution in [0.1, 0.15) is 25.5 Å². The Balaban J connectivity index is 1.72. The minimum absolute atomic E-state index is 0.367. The average Bonchev–Trinajstić information content (AvgIpc) is 3.21. The summed E-state index contributed by atoms with van der Waals surface area (Å²) in [6.45, 7) is 7.21. The first-order valence-corrected chi connectivity index (χ1v) is 9.11.